The molecule has 0 saturated carbocycles. The molecule has 0 saturated heterocycles. The highest BCUT2D eigenvalue weighted by atomic mass is 16.3. The number of unbranched alkanes of at least 4 members (excludes halogenated alkanes) is 1. The lowest BCUT2D eigenvalue weighted by Gasteiger charge is -2.26. The molecule has 0 fully saturated rings. The van der Waals surface area contributed by atoms with Gasteiger partial charge >= 0.3 is 0 Å². The largest absolute Gasteiger partial charge is 0.396 e. The van der Waals surface area contributed by atoms with E-state index >= 15 is 0 Å². The summed E-state index contributed by atoms with van der Waals surface area (Å²) in [7, 11) is 0. The molecular formula is C8H18O4. The van der Waals surface area contributed by atoms with E-state index in [9.17, 15) is 0 Å². The van der Waals surface area contributed by atoms with Crippen LogP contribution in [0.2, 0.25) is 0 Å². The van der Waals surface area contributed by atoms with Gasteiger partial charge in [-0.15, -0.1) is 0 Å². The Kier molecular flexibility index (Phi) is 6.28. The average Bonchev–Trinajstić information content (AvgIpc) is 2.14. The topological polar surface area (TPSA) is 80.9 Å². The van der Waals surface area contributed by atoms with Gasteiger partial charge in [-0.05, 0) is 12.8 Å². The van der Waals surface area contributed by atoms with Crippen LogP contribution in [-0.2, 0) is 0 Å². The monoisotopic (exact) mass is 178 g/mol. The Bertz CT molecular complexity index is 93.0. The van der Waals surface area contributed by atoms with Crippen molar-refractivity contribution in [1.29, 1.82) is 0 Å². The molecule has 0 aromatic heterocycles. The summed E-state index contributed by atoms with van der Waals surface area (Å²) < 4.78 is 0. The predicted octanol–water partition coefficient (Wildman–Crippen LogP) is -0.888. The summed E-state index contributed by atoms with van der Waals surface area (Å²) in [6.07, 6.45) is 1.89. The highest BCUT2D eigenvalue weighted by molar-refractivity contribution is 4.76. The maximum absolute atomic E-state index is 8.89. The van der Waals surface area contributed by atoms with E-state index in [0.29, 0.717) is 19.3 Å². The first-order chi connectivity index (χ1) is 5.74. The molecule has 0 amide bonds. The molecule has 0 bridgehead atoms. The SMILES string of the molecule is OCCCCC(CO)(CO)CO. The third-order valence-corrected chi connectivity index (χ3v) is 2.12. The van der Waals surface area contributed by atoms with E-state index in [0.717, 1.165) is 0 Å². The molecule has 0 aromatic carbocycles. The maximum atomic E-state index is 8.89. The smallest absolute Gasteiger partial charge is 0.0531 e. The van der Waals surface area contributed by atoms with Crippen LogP contribution < -0.4 is 0 Å². The van der Waals surface area contributed by atoms with Crippen LogP contribution in [-0.4, -0.2) is 46.9 Å². The molecule has 0 radical (unpaired) electrons. The van der Waals surface area contributed by atoms with E-state index in [-0.39, 0.29) is 26.4 Å². The lowest BCUT2D eigenvalue weighted by Crippen LogP contribution is -2.33. The number of hydrogen-bond donors (Lipinski definition) is 4. The maximum Gasteiger partial charge on any atom is 0.0531 e. The van der Waals surface area contributed by atoms with Crippen LogP contribution in [0.5, 0.6) is 0 Å². The van der Waals surface area contributed by atoms with Gasteiger partial charge in [0.2, 0.25) is 0 Å². The van der Waals surface area contributed by atoms with Crippen molar-refractivity contribution in [3.8, 4) is 0 Å². The minimum Gasteiger partial charge on any atom is -0.396 e. The minimum atomic E-state index is -0.769. The standard InChI is InChI=1S/C8H18O4/c9-4-2-1-3-8(5-10,6-11)7-12/h9-12H,1-7H2. The van der Waals surface area contributed by atoms with E-state index in [2.05, 4.69) is 0 Å². The van der Waals surface area contributed by atoms with E-state index in [1.165, 1.54) is 0 Å². The highest BCUT2D eigenvalue weighted by Gasteiger charge is 2.26. The van der Waals surface area contributed by atoms with Crippen LogP contribution in [0.4, 0.5) is 0 Å². The van der Waals surface area contributed by atoms with Crippen molar-refractivity contribution in [3.63, 3.8) is 0 Å². The van der Waals surface area contributed by atoms with Crippen LogP contribution in [0.3, 0.4) is 0 Å². The first-order valence-corrected chi connectivity index (χ1v) is 4.18. The zero-order valence-electron chi connectivity index (χ0n) is 7.24. The van der Waals surface area contributed by atoms with Gasteiger partial charge in [-0.1, -0.05) is 6.42 Å². The van der Waals surface area contributed by atoms with Crippen LogP contribution >= 0.6 is 0 Å². The van der Waals surface area contributed by atoms with Crippen LogP contribution in [0, 0.1) is 5.41 Å². The minimum absolute atomic E-state index is 0.109. The van der Waals surface area contributed by atoms with Gasteiger partial charge in [-0.3, -0.25) is 0 Å². The summed E-state index contributed by atoms with van der Waals surface area (Å²) in [5, 5.41) is 35.2. The average molecular weight is 178 g/mol. The van der Waals surface area contributed by atoms with E-state index in [4.69, 9.17) is 20.4 Å². The molecule has 0 aliphatic rings. The molecule has 0 unspecified atom stereocenters. The molecule has 4 heteroatoms. The van der Waals surface area contributed by atoms with Crippen molar-refractivity contribution in [3.05, 3.63) is 0 Å². The summed E-state index contributed by atoms with van der Waals surface area (Å²) in [5.74, 6) is 0. The van der Waals surface area contributed by atoms with Gasteiger partial charge < -0.3 is 20.4 Å². The molecule has 0 spiro atoms. The van der Waals surface area contributed by atoms with E-state index in [1.54, 1.807) is 0 Å². The zero-order chi connectivity index (χ0) is 9.45. The number of aliphatic hydroxyl groups is 4. The third-order valence-electron chi connectivity index (χ3n) is 2.12. The molecular weight excluding hydrogens is 160 g/mol. The molecule has 0 heterocycles. The van der Waals surface area contributed by atoms with Crippen molar-refractivity contribution < 1.29 is 20.4 Å². The number of hydrogen-bond acceptors (Lipinski definition) is 4. The lowest BCUT2D eigenvalue weighted by molar-refractivity contribution is -0.00289. The van der Waals surface area contributed by atoms with Crippen LogP contribution in [0.1, 0.15) is 19.3 Å². The molecule has 4 nitrogen and oxygen atoms in total. The van der Waals surface area contributed by atoms with Crippen molar-refractivity contribution in [2.24, 2.45) is 5.41 Å². The van der Waals surface area contributed by atoms with E-state index < -0.39 is 5.41 Å². The van der Waals surface area contributed by atoms with Gasteiger partial charge in [-0.2, -0.15) is 0 Å². The van der Waals surface area contributed by atoms with Crippen molar-refractivity contribution in [1.82, 2.24) is 0 Å². The Morgan fingerprint density at radius 3 is 1.58 bits per heavy atom. The van der Waals surface area contributed by atoms with E-state index in [1.807, 2.05) is 0 Å². The van der Waals surface area contributed by atoms with Crippen molar-refractivity contribution >= 4 is 0 Å². The fourth-order valence-electron chi connectivity index (χ4n) is 0.999. The molecule has 0 aromatic rings. The summed E-state index contributed by atoms with van der Waals surface area (Å²) in [6.45, 7) is -0.541. The summed E-state index contributed by atoms with van der Waals surface area (Å²) in [6, 6.07) is 0. The second kappa shape index (κ2) is 6.37. The van der Waals surface area contributed by atoms with Gasteiger partial charge in [0, 0.05) is 12.0 Å². The summed E-state index contributed by atoms with van der Waals surface area (Å²) in [5.41, 5.74) is -0.769. The predicted molar refractivity (Wildman–Crippen MR) is 44.6 cm³/mol. The Balaban J connectivity index is 3.76. The van der Waals surface area contributed by atoms with Gasteiger partial charge in [-0.25, -0.2) is 0 Å². The highest BCUT2D eigenvalue weighted by Crippen LogP contribution is 2.22. The fourth-order valence-corrected chi connectivity index (χ4v) is 0.999. The summed E-state index contributed by atoms with van der Waals surface area (Å²) >= 11 is 0. The van der Waals surface area contributed by atoms with Gasteiger partial charge in [0.05, 0.1) is 19.8 Å². The molecule has 0 rings (SSSR count). The van der Waals surface area contributed by atoms with Crippen molar-refractivity contribution in [2.75, 3.05) is 26.4 Å². The first kappa shape index (κ1) is 11.8. The summed E-state index contributed by atoms with van der Waals surface area (Å²) in [4.78, 5) is 0. The Hall–Kier alpha value is -0.160. The Morgan fingerprint density at radius 1 is 0.750 bits per heavy atom. The van der Waals surface area contributed by atoms with Gasteiger partial charge in [0.1, 0.15) is 0 Å². The van der Waals surface area contributed by atoms with Gasteiger partial charge in [0.25, 0.3) is 0 Å². The molecule has 12 heavy (non-hydrogen) atoms. The second-order valence-electron chi connectivity index (χ2n) is 3.16. The number of aliphatic hydroxyl groups excluding tert-OH is 4. The van der Waals surface area contributed by atoms with Crippen LogP contribution in [0.15, 0.2) is 0 Å². The molecule has 74 valence electrons. The van der Waals surface area contributed by atoms with Crippen LogP contribution in [0.25, 0.3) is 0 Å². The van der Waals surface area contributed by atoms with Gasteiger partial charge in [0.15, 0.2) is 0 Å². The second-order valence-corrected chi connectivity index (χ2v) is 3.16. The Morgan fingerprint density at radius 2 is 1.25 bits per heavy atom. The lowest BCUT2D eigenvalue weighted by atomic mass is 9.85. The first-order valence-electron chi connectivity index (χ1n) is 4.18. The normalized spacial score (nSPS) is 12.0. The Labute approximate surface area is 72.5 Å². The molecule has 0 atom stereocenters. The van der Waals surface area contributed by atoms with Crippen molar-refractivity contribution in [2.45, 2.75) is 19.3 Å². The fraction of sp³-hybridized carbons (Fsp3) is 1.00. The number of rotatable bonds is 7. The third kappa shape index (κ3) is 3.49. The quantitative estimate of drug-likeness (QED) is 0.381. The molecule has 0 aliphatic carbocycles. The zero-order valence-corrected chi connectivity index (χ0v) is 7.24. The molecule has 0 aliphatic heterocycles. The molecule has 4 N–H and O–H groups in total.